The third-order valence-corrected chi connectivity index (χ3v) is 5.47. The Morgan fingerprint density at radius 2 is 1.79 bits per heavy atom. The Kier molecular flexibility index (Phi) is 10.5. The number of amides is 1. The van der Waals surface area contributed by atoms with Crippen LogP contribution in [0.4, 0.5) is 26.3 Å². The van der Waals surface area contributed by atoms with Gasteiger partial charge in [-0.2, -0.15) is 13.2 Å². The maximum absolute atomic E-state index is 14.8. The largest absolute Gasteiger partial charge is 0.412 e. The molecule has 2 nitrogen and oxygen atoms in total. The van der Waals surface area contributed by atoms with Crippen molar-refractivity contribution < 1.29 is 31.1 Å². The second-order valence-electron chi connectivity index (χ2n) is 8.07. The summed E-state index contributed by atoms with van der Waals surface area (Å²) in [6.07, 6.45) is -2.76. The number of carbonyl (C=O) groups excluding carboxylic acids is 1. The van der Waals surface area contributed by atoms with Crippen LogP contribution in [0, 0.1) is 12.7 Å². The molecule has 1 amide bonds. The number of hydrogen-bond donors (Lipinski definition) is 1. The van der Waals surface area contributed by atoms with Crippen LogP contribution in [-0.2, 0) is 4.79 Å². The van der Waals surface area contributed by atoms with Crippen molar-refractivity contribution in [1.82, 2.24) is 5.32 Å². The lowest BCUT2D eigenvalue weighted by atomic mass is 9.95. The van der Waals surface area contributed by atoms with E-state index < -0.39 is 41.9 Å². The van der Waals surface area contributed by atoms with Crippen LogP contribution in [0.3, 0.4) is 0 Å². The van der Waals surface area contributed by atoms with E-state index in [2.05, 4.69) is 11.9 Å². The van der Waals surface area contributed by atoms with E-state index >= 15 is 0 Å². The number of aryl methyl sites for hydroxylation is 1. The highest BCUT2D eigenvalue weighted by molar-refractivity contribution is 5.98. The second kappa shape index (κ2) is 12.1. The minimum atomic E-state index is -4.64. The normalized spacial score (nSPS) is 14.5. The molecular weight excluding hydrogens is 444 g/mol. The average Bonchev–Trinajstić information content (AvgIpc) is 2.71. The molecule has 1 unspecified atom stereocenters. The van der Waals surface area contributed by atoms with E-state index in [1.807, 2.05) is 0 Å². The first-order valence-electron chi connectivity index (χ1n) is 10.8. The summed E-state index contributed by atoms with van der Waals surface area (Å²) in [5.74, 6) is -4.36. The number of allylic oxidation sites excluding steroid dienone is 3. The highest BCUT2D eigenvalue weighted by Gasteiger charge is 2.34. The van der Waals surface area contributed by atoms with Gasteiger partial charge in [0.1, 0.15) is 5.82 Å². The zero-order valence-electron chi connectivity index (χ0n) is 19.4. The van der Waals surface area contributed by atoms with Gasteiger partial charge in [-0.1, -0.05) is 44.2 Å². The van der Waals surface area contributed by atoms with E-state index in [4.69, 9.17) is 0 Å². The van der Waals surface area contributed by atoms with Crippen LogP contribution < -0.4 is 5.32 Å². The summed E-state index contributed by atoms with van der Waals surface area (Å²) < 4.78 is 82.1. The number of nitrogens with one attached hydrogen (secondary N) is 1. The van der Waals surface area contributed by atoms with Crippen molar-refractivity contribution in [2.24, 2.45) is 0 Å². The quantitative estimate of drug-likeness (QED) is 0.197. The molecule has 1 N–H and O–H groups in total. The Hall–Kier alpha value is -2.51. The van der Waals surface area contributed by atoms with Crippen molar-refractivity contribution in [3.05, 3.63) is 70.6 Å². The van der Waals surface area contributed by atoms with Crippen LogP contribution in [0.15, 0.2) is 53.6 Å². The molecule has 0 aromatic heterocycles. The third kappa shape index (κ3) is 8.41. The monoisotopic (exact) mass is 475 g/mol. The molecule has 0 fully saturated rings. The molecule has 184 valence electrons. The first-order valence-corrected chi connectivity index (χ1v) is 10.8. The Morgan fingerprint density at radius 1 is 1.15 bits per heavy atom. The van der Waals surface area contributed by atoms with Gasteiger partial charge in [-0.3, -0.25) is 4.79 Å². The van der Waals surface area contributed by atoms with Crippen LogP contribution in [-0.4, -0.2) is 18.0 Å². The topological polar surface area (TPSA) is 29.1 Å². The fraction of sp³-hybridized carbons (Fsp3) is 0.480. The summed E-state index contributed by atoms with van der Waals surface area (Å²) >= 11 is 0. The standard InChI is InChI=1S/C25H31F6NO/c1-6-10-19(17(4)18(5)25(29,30)31)23(33)32-21(13-9-15-24(27,28)14-7-2)20-12-8-11-16(3)22(20)26/h6,8,10-12,21H,1,7,9,13-15H2,2-5H3,(H,32,33)/b18-17+,19-10+. The highest BCUT2D eigenvalue weighted by atomic mass is 19.4. The zero-order chi connectivity index (χ0) is 25.4. The second-order valence-corrected chi connectivity index (χ2v) is 8.07. The summed E-state index contributed by atoms with van der Waals surface area (Å²) in [7, 11) is 0. The molecule has 0 aliphatic carbocycles. The van der Waals surface area contributed by atoms with Crippen molar-refractivity contribution in [3.63, 3.8) is 0 Å². The first kappa shape index (κ1) is 28.5. The lowest BCUT2D eigenvalue weighted by Gasteiger charge is -2.23. The molecular formula is C25H31F6NO. The van der Waals surface area contributed by atoms with E-state index in [0.29, 0.717) is 12.0 Å². The third-order valence-electron chi connectivity index (χ3n) is 5.47. The number of hydrogen-bond acceptors (Lipinski definition) is 1. The minimum absolute atomic E-state index is 0.00615. The Morgan fingerprint density at radius 3 is 2.33 bits per heavy atom. The van der Waals surface area contributed by atoms with Crippen molar-refractivity contribution in [2.75, 3.05) is 0 Å². The summed E-state index contributed by atoms with van der Waals surface area (Å²) in [6.45, 7) is 8.62. The lowest BCUT2D eigenvalue weighted by Crippen LogP contribution is -2.32. The molecule has 0 radical (unpaired) electrons. The van der Waals surface area contributed by atoms with Gasteiger partial charge in [-0.05, 0) is 50.8 Å². The molecule has 0 bridgehead atoms. The number of rotatable bonds is 11. The molecule has 0 aliphatic rings. The Balaban J connectivity index is 3.27. The van der Waals surface area contributed by atoms with Gasteiger partial charge in [0.15, 0.2) is 0 Å². The van der Waals surface area contributed by atoms with E-state index in [1.54, 1.807) is 13.0 Å². The molecule has 1 aromatic rings. The summed E-state index contributed by atoms with van der Waals surface area (Å²) in [4.78, 5) is 12.9. The van der Waals surface area contributed by atoms with Crippen molar-refractivity contribution in [1.29, 1.82) is 0 Å². The number of alkyl halides is 5. The van der Waals surface area contributed by atoms with E-state index in [9.17, 15) is 31.1 Å². The first-order chi connectivity index (χ1) is 15.2. The van der Waals surface area contributed by atoms with Gasteiger partial charge >= 0.3 is 6.18 Å². The van der Waals surface area contributed by atoms with E-state index in [-0.39, 0.29) is 36.0 Å². The molecule has 8 heteroatoms. The molecule has 1 aromatic carbocycles. The number of benzene rings is 1. The molecule has 1 rings (SSSR count). The van der Waals surface area contributed by atoms with Gasteiger partial charge in [0.05, 0.1) is 6.04 Å². The zero-order valence-corrected chi connectivity index (χ0v) is 19.4. The molecule has 33 heavy (non-hydrogen) atoms. The van der Waals surface area contributed by atoms with E-state index in [0.717, 1.165) is 19.9 Å². The van der Waals surface area contributed by atoms with E-state index in [1.165, 1.54) is 25.1 Å². The molecule has 0 aliphatic heterocycles. The Bertz CT molecular complexity index is 899. The summed E-state index contributed by atoms with van der Waals surface area (Å²) in [5, 5.41) is 2.55. The van der Waals surface area contributed by atoms with Gasteiger partial charge < -0.3 is 5.32 Å². The van der Waals surface area contributed by atoms with Crippen LogP contribution in [0.25, 0.3) is 0 Å². The minimum Gasteiger partial charge on any atom is -0.345 e. The average molecular weight is 476 g/mol. The maximum Gasteiger partial charge on any atom is 0.412 e. The van der Waals surface area contributed by atoms with Gasteiger partial charge in [0.25, 0.3) is 5.91 Å². The predicted molar refractivity (Wildman–Crippen MR) is 118 cm³/mol. The van der Waals surface area contributed by atoms with Crippen molar-refractivity contribution in [2.45, 2.75) is 77.9 Å². The van der Waals surface area contributed by atoms with Gasteiger partial charge in [0.2, 0.25) is 5.92 Å². The van der Waals surface area contributed by atoms with Gasteiger partial charge in [0, 0.05) is 29.6 Å². The van der Waals surface area contributed by atoms with Crippen LogP contribution >= 0.6 is 0 Å². The summed E-state index contributed by atoms with van der Waals surface area (Å²) in [6, 6.07) is 3.52. The van der Waals surface area contributed by atoms with Crippen molar-refractivity contribution in [3.8, 4) is 0 Å². The van der Waals surface area contributed by atoms with Crippen LogP contribution in [0.2, 0.25) is 0 Å². The molecule has 0 heterocycles. The fourth-order valence-electron chi connectivity index (χ4n) is 3.44. The fourth-order valence-corrected chi connectivity index (χ4v) is 3.44. The Labute approximate surface area is 191 Å². The molecule has 1 atom stereocenters. The van der Waals surface area contributed by atoms with Crippen LogP contribution in [0.5, 0.6) is 0 Å². The van der Waals surface area contributed by atoms with Crippen LogP contribution in [0.1, 0.15) is 70.0 Å². The van der Waals surface area contributed by atoms with Crippen molar-refractivity contribution >= 4 is 5.91 Å². The predicted octanol–water partition coefficient (Wildman–Crippen LogP) is 7.91. The molecule has 0 saturated carbocycles. The molecule has 0 spiro atoms. The summed E-state index contributed by atoms with van der Waals surface area (Å²) in [5.41, 5.74) is -1.15. The lowest BCUT2D eigenvalue weighted by molar-refractivity contribution is -0.118. The highest BCUT2D eigenvalue weighted by Crippen LogP contribution is 2.33. The number of carbonyl (C=O) groups is 1. The number of halogens is 6. The van der Waals surface area contributed by atoms with Gasteiger partial charge in [-0.25, -0.2) is 13.2 Å². The maximum atomic E-state index is 14.8. The van der Waals surface area contributed by atoms with Gasteiger partial charge in [-0.15, -0.1) is 0 Å². The smallest absolute Gasteiger partial charge is 0.345 e. The molecule has 0 saturated heterocycles. The SMILES string of the molecule is C=C/C=C(C(=O)NC(CCCC(F)(F)CCC)c1cccc(C)c1F)\C(C)=C(/C)C(F)(F)F.